The van der Waals surface area contributed by atoms with Gasteiger partial charge in [0.05, 0.1) is 35.6 Å². The first-order chi connectivity index (χ1) is 6.59. The Hall–Kier alpha value is -1.62. The van der Waals surface area contributed by atoms with Gasteiger partial charge in [-0.1, -0.05) is 0 Å². The van der Waals surface area contributed by atoms with E-state index in [1.165, 1.54) is 0 Å². The average molecular weight is 191 g/mol. The summed E-state index contributed by atoms with van der Waals surface area (Å²) >= 11 is 0. The van der Waals surface area contributed by atoms with E-state index in [1.807, 2.05) is 18.4 Å². The van der Waals surface area contributed by atoms with Crippen LogP contribution in [0, 0.1) is 0 Å². The molecule has 0 radical (unpaired) electrons. The highest BCUT2D eigenvalue weighted by atomic mass is 15.2. The molecule has 0 aliphatic rings. The third-order valence-electron chi connectivity index (χ3n) is 2.06. The van der Waals surface area contributed by atoms with Gasteiger partial charge in [-0.3, -0.25) is 9.67 Å². The number of hydrogen-bond donors (Lipinski definition) is 2. The standard InChI is InChI=1S/C9H13N5/c1-9(2,10)8-5-11-6-14(8)7-3-12-13-4-7/h3-6H,10H2,1-2H3,(H,12,13). The molecule has 2 aromatic heterocycles. The summed E-state index contributed by atoms with van der Waals surface area (Å²) in [5, 5.41) is 6.64. The zero-order valence-electron chi connectivity index (χ0n) is 8.23. The smallest absolute Gasteiger partial charge is 0.0995 e. The Bertz CT molecular complexity index is 407. The zero-order chi connectivity index (χ0) is 10.2. The third-order valence-corrected chi connectivity index (χ3v) is 2.06. The van der Waals surface area contributed by atoms with Gasteiger partial charge in [-0.15, -0.1) is 0 Å². The maximum atomic E-state index is 6.02. The molecule has 0 aromatic carbocycles. The minimum absolute atomic E-state index is 0.409. The quantitative estimate of drug-likeness (QED) is 0.737. The molecule has 3 N–H and O–H groups in total. The Morgan fingerprint density at radius 1 is 1.43 bits per heavy atom. The summed E-state index contributed by atoms with van der Waals surface area (Å²) in [5.74, 6) is 0. The summed E-state index contributed by atoms with van der Waals surface area (Å²) in [4.78, 5) is 4.09. The third kappa shape index (κ3) is 1.42. The largest absolute Gasteiger partial charge is 0.321 e. The Balaban J connectivity index is 2.51. The molecule has 2 heterocycles. The van der Waals surface area contributed by atoms with Crippen LogP contribution in [0.3, 0.4) is 0 Å². The molecule has 0 aliphatic carbocycles. The van der Waals surface area contributed by atoms with E-state index in [-0.39, 0.29) is 0 Å². The fourth-order valence-electron chi connectivity index (χ4n) is 1.35. The molecular formula is C9H13N5. The highest BCUT2D eigenvalue weighted by Crippen LogP contribution is 2.19. The summed E-state index contributed by atoms with van der Waals surface area (Å²) in [7, 11) is 0. The van der Waals surface area contributed by atoms with Crippen molar-refractivity contribution < 1.29 is 0 Å². The molecule has 14 heavy (non-hydrogen) atoms. The Morgan fingerprint density at radius 3 is 2.79 bits per heavy atom. The van der Waals surface area contributed by atoms with Crippen molar-refractivity contribution in [3.05, 3.63) is 30.6 Å². The van der Waals surface area contributed by atoms with E-state index in [9.17, 15) is 0 Å². The highest BCUT2D eigenvalue weighted by molar-refractivity contribution is 5.30. The molecule has 0 saturated heterocycles. The van der Waals surface area contributed by atoms with Gasteiger partial charge in [0.15, 0.2) is 0 Å². The molecule has 5 nitrogen and oxygen atoms in total. The van der Waals surface area contributed by atoms with E-state index in [4.69, 9.17) is 5.73 Å². The van der Waals surface area contributed by atoms with E-state index < -0.39 is 5.54 Å². The second kappa shape index (κ2) is 2.95. The SMILES string of the molecule is CC(C)(N)c1cncn1-c1cn[nH]c1. The second-order valence-electron chi connectivity index (χ2n) is 3.83. The first-order valence-electron chi connectivity index (χ1n) is 4.40. The molecule has 0 fully saturated rings. The maximum absolute atomic E-state index is 6.02. The van der Waals surface area contributed by atoms with Crippen LogP contribution < -0.4 is 5.73 Å². The second-order valence-corrected chi connectivity index (χ2v) is 3.83. The summed E-state index contributed by atoms with van der Waals surface area (Å²) in [6, 6.07) is 0. The number of aromatic nitrogens is 4. The van der Waals surface area contributed by atoms with Crippen LogP contribution in [-0.2, 0) is 5.54 Å². The summed E-state index contributed by atoms with van der Waals surface area (Å²) in [6.45, 7) is 3.89. The highest BCUT2D eigenvalue weighted by Gasteiger charge is 2.19. The lowest BCUT2D eigenvalue weighted by molar-refractivity contribution is 0.524. The predicted octanol–water partition coefficient (Wildman–Crippen LogP) is 0.789. The predicted molar refractivity (Wildman–Crippen MR) is 52.9 cm³/mol. The van der Waals surface area contributed by atoms with Gasteiger partial charge in [0.2, 0.25) is 0 Å². The van der Waals surface area contributed by atoms with Crippen molar-refractivity contribution in [2.24, 2.45) is 5.73 Å². The van der Waals surface area contributed by atoms with Gasteiger partial charge in [0.1, 0.15) is 0 Å². The minimum Gasteiger partial charge on any atom is -0.321 e. The molecule has 5 heteroatoms. The molecule has 0 amide bonds. The van der Waals surface area contributed by atoms with Crippen LogP contribution in [0.15, 0.2) is 24.9 Å². The number of H-pyrrole nitrogens is 1. The molecule has 0 bridgehead atoms. The number of imidazole rings is 1. The molecule has 0 spiro atoms. The van der Waals surface area contributed by atoms with Crippen molar-refractivity contribution >= 4 is 0 Å². The molecule has 2 aromatic rings. The molecule has 0 atom stereocenters. The van der Waals surface area contributed by atoms with Gasteiger partial charge < -0.3 is 5.73 Å². The molecule has 0 aliphatic heterocycles. The van der Waals surface area contributed by atoms with E-state index in [0.717, 1.165) is 11.4 Å². The van der Waals surface area contributed by atoms with Crippen LogP contribution in [0.5, 0.6) is 0 Å². The van der Waals surface area contributed by atoms with Crippen molar-refractivity contribution in [1.82, 2.24) is 19.7 Å². The van der Waals surface area contributed by atoms with Crippen molar-refractivity contribution in [1.29, 1.82) is 0 Å². The van der Waals surface area contributed by atoms with Crippen LogP contribution in [0.2, 0.25) is 0 Å². The molecule has 0 unspecified atom stereocenters. The van der Waals surface area contributed by atoms with Gasteiger partial charge in [-0.05, 0) is 13.8 Å². The van der Waals surface area contributed by atoms with Gasteiger partial charge in [-0.25, -0.2) is 4.98 Å². The van der Waals surface area contributed by atoms with Crippen molar-refractivity contribution in [2.75, 3.05) is 0 Å². The Morgan fingerprint density at radius 2 is 2.21 bits per heavy atom. The number of nitrogens with one attached hydrogen (secondary N) is 1. The monoisotopic (exact) mass is 191 g/mol. The van der Waals surface area contributed by atoms with Crippen LogP contribution in [-0.4, -0.2) is 19.7 Å². The fraction of sp³-hybridized carbons (Fsp3) is 0.333. The average Bonchev–Trinajstić information content (AvgIpc) is 2.73. The normalized spacial score (nSPS) is 11.9. The lowest BCUT2D eigenvalue weighted by Crippen LogP contribution is -2.31. The molecule has 0 saturated carbocycles. The minimum atomic E-state index is -0.409. The fourth-order valence-corrected chi connectivity index (χ4v) is 1.35. The lowest BCUT2D eigenvalue weighted by Gasteiger charge is -2.19. The van der Waals surface area contributed by atoms with Crippen LogP contribution in [0.25, 0.3) is 5.69 Å². The maximum Gasteiger partial charge on any atom is 0.0995 e. The first kappa shape index (κ1) is 8.96. The molecule has 2 rings (SSSR count). The zero-order valence-corrected chi connectivity index (χ0v) is 8.23. The van der Waals surface area contributed by atoms with Crippen LogP contribution in [0.4, 0.5) is 0 Å². The summed E-state index contributed by atoms with van der Waals surface area (Å²) < 4.78 is 1.92. The van der Waals surface area contributed by atoms with Crippen molar-refractivity contribution in [2.45, 2.75) is 19.4 Å². The summed E-state index contributed by atoms with van der Waals surface area (Å²) in [5.41, 5.74) is 7.51. The van der Waals surface area contributed by atoms with E-state index >= 15 is 0 Å². The number of nitrogens with two attached hydrogens (primary N) is 1. The topological polar surface area (TPSA) is 72.5 Å². The van der Waals surface area contributed by atoms with E-state index in [2.05, 4.69) is 15.2 Å². The molecular weight excluding hydrogens is 178 g/mol. The van der Waals surface area contributed by atoms with E-state index in [0.29, 0.717) is 0 Å². The number of hydrogen-bond acceptors (Lipinski definition) is 3. The van der Waals surface area contributed by atoms with Crippen molar-refractivity contribution in [3.8, 4) is 5.69 Å². The molecule has 74 valence electrons. The van der Waals surface area contributed by atoms with Crippen LogP contribution in [0.1, 0.15) is 19.5 Å². The number of nitrogens with zero attached hydrogens (tertiary/aromatic N) is 3. The van der Waals surface area contributed by atoms with Gasteiger partial charge in [0.25, 0.3) is 0 Å². The van der Waals surface area contributed by atoms with Crippen molar-refractivity contribution in [3.63, 3.8) is 0 Å². The number of aromatic amines is 1. The van der Waals surface area contributed by atoms with Gasteiger partial charge in [-0.2, -0.15) is 5.10 Å². The summed E-state index contributed by atoms with van der Waals surface area (Å²) in [6.07, 6.45) is 7.04. The van der Waals surface area contributed by atoms with E-state index in [1.54, 1.807) is 24.9 Å². The lowest BCUT2D eigenvalue weighted by atomic mass is 10.0. The Labute approximate surface area is 82.0 Å². The van der Waals surface area contributed by atoms with Crippen LogP contribution >= 0.6 is 0 Å². The Kier molecular flexibility index (Phi) is 1.89. The van der Waals surface area contributed by atoms with Gasteiger partial charge >= 0.3 is 0 Å². The number of rotatable bonds is 2. The van der Waals surface area contributed by atoms with Gasteiger partial charge in [0, 0.05) is 6.20 Å². The first-order valence-corrected chi connectivity index (χ1v) is 4.40.